The highest BCUT2D eigenvalue weighted by Gasteiger charge is 2.07. The first kappa shape index (κ1) is 11.2. The molecule has 0 N–H and O–H groups in total. The molecule has 14 heavy (non-hydrogen) atoms. The fraction of sp³-hybridized carbons (Fsp3) is 0.364. The zero-order valence-electron chi connectivity index (χ0n) is 8.34. The first-order valence-electron chi connectivity index (χ1n) is 4.51. The summed E-state index contributed by atoms with van der Waals surface area (Å²) in [4.78, 5) is 11.4. The lowest BCUT2D eigenvalue weighted by molar-refractivity contribution is 0.0526. The Kier molecular flexibility index (Phi) is 4.14. The number of hydrogen-bond acceptors (Lipinski definition) is 2. The molecule has 0 aliphatic rings. The number of aryl methyl sites for hydroxylation is 1. The Morgan fingerprint density at radius 2 is 2.14 bits per heavy atom. The number of esters is 1. The van der Waals surface area contributed by atoms with Crippen molar-refractivity contribution < 1.29 is 9.53 Å². The molecule has 0 bridgehead atoms. The van der Waals surface area contributed by atoms with Gasteiger partial charge in [0.25, 0.3) is 0 Å². The van der Waals surface area contributed by atoms with Crippen molar-refractivity contribution in [1.29, 1.82) is 0 Å². The highest BCUT2D eigenvalue weighted by atomic mass is 79.9. The van der Waals surface area contributed by atoms with Crippen LogP contribution in [0, 0.1) is 6.92 Å². The van der Waals surface area contributed by atoms with Crippen LogP contribution in [0.3, 0.4) is 0 Å². The predicted octanol–water partition coefficient (Wildman–Crippen LogP) is 3.07. The Bertz CT molecular complexity index is 334. The van der Waals surface area contributed by atoms with Crippen LogP contribution in [0.5, 0.6) is 0 Å². The van der Waals surface area contributed by atoms with Gasteiger partial charge in [0, 0.05) is 5.33 Å². The van der Waals surface area contributed by atoms with E-state index in [1.165, 1.54) is 0 Å². The summed E-state index contributed by atoms with van der Waals surface area (Å²) in [7, 11) is 0. The summed E-state index contributed by atoms with van der Waals surface area (Å²) in [5.74, 6) is -0.251. The van der Waals surface area contributed by atoms with E-state index >= 15 is 0 Å². The number of alkyl halides is 1. The average molecular weight is 257 g/mol. The Balaban J connectivity index is 2.96. The maximum atomic E-state index is 11.4. The molecule has 0 aromatic heterocycles. The second-order valence-corrected chi connectivity index (χ2v) is 3.62. The number of carbonyl (C=O) groups excluding carboxylic acids is 1. The molecule has 0 fully saturated rings. The van der Waals surface area contributed by atoms with Crippen molar-refractivity contribution in [3.05, 3.63) is 34.9 Å². The van der Waals surface area contributed by atoms with Gasteiger partial charge in [-0.05, 0) is 37.1 Å². The molecule has 3 heteroatoms. The van der Waals surface area contributed by atoms with Crippen LogP contribution in [0.15, 0.2) is 18.2 Å². The van der Waals surface area contributed by atoms with Crippen molar-refractivity contribution in [2.75, 3.05) is 6.61 Å². The summed E-state index contributed by atoms with van der Waals surface area (Å²) in [5.41, 5.74) is 2.79. The molecule has 1 aromatic rings. The van der Waals surface area contributed by atoms with Gasteiger partial charge in [0.1, 0.15) is 0 Å². The second-order valence-electron chi connectivity index (χ2n) is 3.06. The molecule has 0 atom stereocenters. The fourth-order valence-corrected chi connectivity index (χ4v) is 1.60. The van der Waals surface area contributed by atoms with Gasteiger partial charge in [0.2, 0.25) is 0 Å². The first-order chi connectivity index (χ1) is 6.67. The average Bonchev–Trinajstić information content (AvgIpc) is 2.17. The Hall–Kier alpha value is -0.830. The van der Waals surface area contributed by atoms with Crippen LogP contribution < -0.4 is 0 Å². The fourth-order valence-electron chi connectivity index (χ4n) is 1.27. The van der Waals surface area contributed by atoms with Gasteiger partial charge >= 0.3 is 5.97 Å². The largest absolute Gasteiger partial charge is 0.462 e. The molecule has 0 aliphatic heterocycles. The lowest BCUT2D eigenvalue weighted by atomic mass is 10.1. The molecule has 0 unspecified atom stereocenters. The van der Waals surface area contributed by atoms with Crippen LogP contribution in [-0.2, 0) is 10.1 Å². The summed E-state index contributed by atoms with van der Waals surface area (Å²) >= 11 is 3.36. The molecule has 0 amide bonds. The molecule has 0 spiro atoms. The van der Waals surface area contributed by atoms with E-state index in [0.717, 1.165) is 16.5 Å². The molecule has 0 heterocycles. The van der Waals surface area contributed by atoms with Gasteiger partial charge in [0.05, 0.1) is 12.2 Å². The Morgan fingerprint density at radius 1 is 1.43 bits per heavy atom. The van der Waals surface area contributed by atoms with E-state index in [-0.39, 0.29) is 5.97 Å². The minimum atomic E-state index is -0.251. The van der Waals surface area contributed by atoms with E-state index in [4.69, 9.17) is 4.74 Å². The lowest BCUT2D eigenvalue weighted by Crippen LogP contribution is -2.05. The summed E-state index contributed by atoms with van der Waals surface area (Å²) in [6, 6.07) is 5.72. The molecule has 76 valence electrons. The summed E-state index contributed by atoms with van der Waals surface area (Å²) in [6.07, 6.45) is 0. The quantitative estimate of drug-likeness (QED) is 0.614. The third-order valence-electron chi connectivity index (χ3n) is 1.80. The van der Waals surface area contributed by atoms with Gasteiger partial charge in [-0.25, -0.2) is 4.79 Å². The van der Waals surface area contributed by atoms with Crippen LogP contribution in [0.1, 0.15) is 28.4 Å². The minimum absolute atomic E-state index is 0.251. The molecule has 2 nitrogen and oxygen atoms in total. The Morgan fingerprint density at radius 3 is 2.71 bits per heavy atom. The van der Waals surface area contributed by atoms with Crippen molar-refractivity contribution in [3.8, 4) is 0 Å². The highest BCUT2D eigenvalue weighted by Crippen LogP contribution is 2.13. The van der Waals surface area contributed by atoms with E-state index in [1.54, 1.807) is 6.92 Å². The van der Waals surface area contributed by atoms with Gasteiger partial charge in [-0.2, -0.15) is 0 Å². The number of benzene rings is 1. The number of halogens is 1. The number of hydrogen-bond donors (Lipinski definition) is 0. The van der Waals surface area contributed by atoms with Crippen LogP contribution in [-0.4, -0.2) is 12.6 Å². The molecule has 1 aromatic carbocycles. The van der Waals surface area contributed by atoms with E-state index in [9.17, 15) is 4.79 Å². The van der Waals surface area contributed by atoms with Crippen molar-refractivity contribution in [2.24, 2.45) is 0 Å². The van der Waals surface area contributed by atoms with E-state index in [0.29, 0.717) is 12.2 Å². The van der Waals surface area contributed by atoms with E-state index < -0.39 is 0 Å². The van der Waals surface area contributed by atoms with Crippen LogP contribution in [0.4, 0.5) is 0 Å². The van der Waals surface area contributed by atoms with Gasteiger partial charge in [0.15, 0.2) is 0 Å². The maximum Gasteiger partial charge on any atom is 0.338 e. The lowest BCUT2D eigenvalue weighted by Gasteiger charge is -2.05. The molecule has 0 saturated heterocycles. The predicted molar refractivity (Wildman–Crippen MR) is 59.8 cm³/mol. The maximum absolute atomic E-state index is 11.4. The normalized spacial score (nSPS) is 9.93. The number of carbonyl (C=O) groups is 1. The monoisotopic (exact) mass is 256 g/mol. The van der Waals surface area contributed by atoms with Gasteiger partial charge in [-0.1, -0.05) is 22.0 Å². The van der Waals surface area contributed by atoms with Gasteiger partial charge in [-0.3, -0.25) is 0 Å². The molecule has 1 rings (SSSR count). The van der Waals surface area contributed by atoms with Gasteiger partial charge < -0.3 is 4.74 Å². The SMILES string of the molecule is CCOC(=O)c1cc(C)cc(CBr)c1. The third kappa shape index (κ3) is 2.84. The van der Waals surface area contributed by atoms with Crippen molar-refractivity contribution in [3.63, 3.8) is 0 Å². The van der Waals surface area contributed by atoms with Crippen LogP contribution in [0.25, 0.3) is 0 Å². The zero-order valence-corrected chi connectivity index (χ0v) is 9.93. The van der Waals surface area contributed by atoms with Crippen LogP contribution >= 0.6 is 15.9 Å². The highest BCUT2D eigenvalue weighted by molar-refractivity contribution is 9.08. The van der Waals surface area contributed by atoms with Crippen molar-refractivity contribution in [1.82, 2.24) is 0 Å². The topological polar surface area (TPSA) is 26.3 Å². The number of rotatable bonds is 3. The molecular weight excluding hydrogens is 244 g/mol. The second kappa shape index (κ2) is 5.15. The third-order valence-corrected chi connectivity index (χ3v) is 2.45. The van der Waals surface area contributed by atoms with E-state index in [2.05, 4.69) is 15.9 Å². The molecule has 0 radical (unpaired) electrons. The number of ether oxygens (including phenoxy) is 1. The standard InChI is InChI=1S/C11H13BrO2/c1-3-14-11(13)10-5-8(2)4-9(6-10)7-12/h4-6H,3,7H2,1-2H3. The summed E-state index contributed by atoms with van der Waals surface area (Å²) in [6.45, 7) is 4.18. The summed E-state index contributed by atoms with van der Waals surface area (Å²) < 4.78 is 4.93. The molecule has 0 aliphatic carbocycles. The smallest absolute Gasteiger partial charge is 0.338 e. The van der Waals surface area contributed by atoms with Crippen molar-refractivity contribution >= 4 is 21.9 Å². The zero-order chi connectivity index (χ0) is 10.6. The molecule has 0 saturated carbocycles. The minimum Gasteiger partial charge on any atom is -0.462 e. The van der Waals surface area contributed by atoms with Gasteiger partial charge in [-0.15, -0.1) is 0 Å². The molecular formula is C11H13BrO2. The Labute approximate surface area is 92.4 Å². The van der Waals surface area contributed by atoms with E-state index in [1.807, 2.05) is 25.1 Å². The summed E-state index contributed by atoms with van der Waals surface area (Å²) in [5, 5.41) is 0.751. The van der Waals surface area contributed by atoms with Crippen molar-refractivity contribution in [2.45, 2.75) is 19.2 Å². The van der Waals surface area contributed by atoms with Crippen LogP contribution in [0.2, 0.25) is 0 Å². The first-order valence-corrected chi connectivity index (χ1v) is 5.63.